The summed E-state index contributed by atoms with van der Waals surface area (Å²) >= 11 is 0. The number of benzene rings is 1. The third kappa shape index (κ3) is 2.60. The van der Waals surface area contributed by atoms with Crippen molar-refractivity contribution < 1.29 is 9.59 Å². The van der Waals surface area contributed by atoms with Gasteiger partial charge in [-0.25, -0.2) is 0 Å². The van der Waals surface area contributed by atoms with Crippen molar-refractivity contribution in [1.29, 1.82) is 0 Å². The molecule has 1 saturated heterocycles. The fraction of sp³-hybridized carbons (Fsp3) is 0.368. The number of nitrogens with zero attached hydrogens (tertiary/aromatic N) is 2. The zero-order valence-corrected chi connectivity index (χ0v) is 13.5. The number of aromatic nitrogens is 1. The normalized spacial score (nSPS) is 23.5. The van der Waals surface area contributed by atoms with Crippen molar-refractivity contribution in [3.63, 3.8) is 0 Å². The van der Waals surface area contributed by atoms with Gasteiger partial charge in [-0.3, -0.25) is 9.59 Å². The molecule has 4 rings (SSSR count). The molecule has 2 atom stereocenters. The first-order valence-corrected chi connectivity index (χ1v) is 8.51. The minimum absolute atomic E-state index is 0.0174. The van der Waals surface area contributed by atoms with Crippen LogP contribution in [-0.4, -0.2) is 34.4 Å². The molecule has 124 valence electrons. The molecule has 24 heavy (non-hydrogen) atoms. The highest BCUT2D eigenvalue weighted by atomic mass is 16.2. The van der Waals surface area contributed by atoms with E-state index >= 15 is 0 Å². The van der Waals surface area contributed by atoms with Gasteiger partial charge in [-0.1, -0.05) is 30.3 Å². The third-order valence-corrected chi connectivity index (χ3v) is 5.03. The van der Waals surface area contributed by atoms with Crippen LogP contribution in [0.3, 0.4) is 0 Å². The van der Waals surface area contributed by atoms with Gasteiger partial charge in [0.1, 0.15) is 0 Å². The molecule has 1 aromatic carbocycles. The Morgan fingerprint density at radius 2 is 1.92 bits per heavy atom. The van der Waals surface area contributed by atoms with Gasteiger partial charge in [-0.2, -0.15) is 0 Å². The molecular weight excluding hydrogens is 302 g/mol. The summed E-state index contributed by atoms with van der Waals surface area (Å²) in [5.41, 5.74) is 2.26. The van der Waals surface area contributed by atoms with Crippen molar-refractivity contribution in [2.24, 2.45) is 5.92 Å². The van der Waals surface area contributed by atoms with E-state index in [1.165, 1.54) is 0 Å². The molecule has 1 N–H and O–H groups in total. The highest BCUT2D eigenvalue weighted by Crippen LogP contribution is 2.34. The highest BCUT2D eigenvalue weighted by Gasteiger charge is 2.36. The minimum atomic E-state index is -0.202. The van der Waals surface area contributed by atoms with Crippen LogP contribution in [0.15, 0.2) is 48.7 Å². The number of amides is 2. The van der Waals surface area contributed by atoms with Crippen LogP contribution in [0.5, 0.6) is 0 Å². The number of rotatable bonds is 2. The Balaban J connectivity index is 1.68. The topological polar surface area (TPSA) is 54.3 Å². The summed E-state index contributed by atoms with van der Waals surface area (Å²) in [7, 11) is 0. The Morgan fingerprint density at radius 1 is 1.08 bits per heavy atom. The van der Waals surface area contributed by atoms with Crippen LogP contribution in [0.2, 0.25) is 0 Å². The molecule has 5 nitrogen and oxygen atoms in total. The largest absolute Gasteiger partial charge is 0.356 e. The van der Waals surface area contributed by atoms with E-state index in [1.807, 2.05) is 29.2 Å². The standard InChI is InChI=1S/C19H21N3O2/c23-17-13-15(8-9-20-17)19(24)22-12-11-21-10-4-7-16(21)18(22)14-5-2-1-3-6-14/h1-7,10,15,18H,8-9,11-13H2,(H,20,23)/t15-,18-/m1/s1. The number of fused-ring (bicyclic) bond motifs is 1. The van der Waals surface area contributed by atoms with Gasteiger partial charge in [-0.15, -0.1) is 0 Å². The van der Waals surface area contributed by atoms with Gasteiger partial charge < -0.3 is 14.8 Å². The number of hydrogen-bond donors (Lipinski definition) is 1. The fourth-order valence-electron chi connectivity index (χ4n) is 3.84. The van der Waals surface area contributed by atoms with E-state index < -0.39 is 0 Å². The SMILES string of the molecule is O=C1C[C@H](C(=O)N2CCn3cccc3[C@H]2c2ccccc2)CCN1. The van der Waals surface area contributed by atoms with Gasteiger partial charge in [0.2, 0.25) is 11.8 Å². The van der Waals surface area contributed by atoms with Gasteiger partial charge in [0.25, 0.3) is 0 Å². The lowest BCUT2D eigenvalue weighted by atomic mass is 9.92. The quantitative estimate of drug-likeness (QED) is 0.918. The van der Waals surface area contributed by atoms with Gasteiger partial charge in [0, 0.05) is 43.9 Å². The molecule has 2 aliphatic heterocycles. The maximum atomic E-state index is 13.2. The molecule has 2 aliphatic rings. The Kier molecular flexibility index (Phi) is 3.84. The average molecular weight is 323 g/mol. The van der Waals surface area contributed by atoms with Crippen molar-refractivity contribution in [2.45, 2.75) is 25.4 Å². The van der Waals surface area contributed by atoms with Gasteiger partial charge in [0.05, 0.1) is 6.04 Å². The van der Waals surface area contributed by atoms with Crippen LogP contribution in [0.25, 0.3) is 0 Å². The lowest BCUT2D eigenvalue weighted by Crippen LogP contribution is -2.48. The summed E-state index contributed by atoms with van der Waals surface area (Å²) in [5.74, 6) is -0.117. The lowest BCUT2D eigenvalue weighted by molar-refractivity contribution is -0.142. The number of hydrogen-bond acceptors (Lipinski definition) is 2. The molecule has 0 spiro atoms. The molecule has 3 heterocycles. The van der Waals surface area contributed by atoms with Crippen LogP contribution >= 0.6 is 0 Å². The molecule has 2 aromatic rings. The summed E-state index contributed by atoms with van der Waals surface area (Å²) < 4.78 is 2.22. The first-order chi connectivity index (χ1) is 11.7. The summed E-state index contributed by atoms with van der Waals surface area (Å²) in [6.07, 6.45) is 3.10. The third-order valence-electron chi connectivity index (χ3n) is 5.03. The molecular formula is C19H21N3O2. The molecule has 1 aromatic heterocycles. The molecule has 2 amide bonds. The van der Waals surface area contributed by atoms with Gasteiger partial charge >= 0.3 is 0 Å². The summed E-state index contributed by atoms with van der Waals surface area (Å²) in [6.45, 7) is 2.07. The van der Waals surface area contributed by atoms with E-state index in [9.17, 15) is 9.59 Å². The maximum Gasteiger partial charge on any atom is 0.227 e. The van der Waals surface area contributed by atoms with Crippen molar-refractivity contribution in [1.82, 2.24) is 14.8 Å². The van der Waals surface area contributed by atoms with E-state index in [-0.39, 0.29) is 23.8 Å². The van der Waals surface area contributed by atoms with E-state index in [2.05, 4.69) is 34.3 Å². The van der Waals surface area contributed by atoms with Crippen molar-refractivity contribution in [2.75, 3.05) is 13.1 Å². The Bertz CT molecular complexity index is 753. The van der Waals surface area contributed by atoms with Crippen molar-refractivity contribution >= 4 is 11.8 Å². The molecule has 0 unspecified atom stereocenters. The Labute approximate surface area is 141 Å². The van der Waals surface area contributed by atoms with Crippen molar-refractivity contribution in [3.8, 4) is 0 Å². The van der Waals surface area contributed by atoms with E-state index in [4.69, 9.17) is 0 Å². The first kappa shape index (κ1) is 15.0. The lowest BCUT2D eigenvalue weighted by Gasteiger charge is -2.39. The van der Waals surface area contributed by atoms with Crippen LogP contribution in [0, 0.1) is 5.92 Å². The van der Waals surface area contributed by atoms with Gasteiger partial charge in [-0.05, 0) is 24.1 Å². The first-order valence-electron chi connectivity index (χ1n) is 8.51. The van der Waals surface area contributed by atoms with Crippen LogP contribution < -0.4 is 5.32 Å². The molecule has 0 aliphatic carbocycles. The van der Waals surface area contributed by atoms with Crippen LogP contribution in [-0.2, 0) is 16.1 Å². The van der Waals surface area contributed by atoms with Gasteiger partial charge in [0.15, 0.2) is 0 Å². The van der Waals surface area contributed by atoms with Crippen molar-refractivity contribution in [3.05, 3.63) is 59.9 Å². The summed E-state index contributed by atoms with van der Waals surface area (Å²) in [4.78, 5) is 26.8. The number of piperidine rings is 1. The van der Waals surface area contributed by atoms with E-state index in [1.54, 1.807) is 0 Å². The second-order valence-electron chi connectivity index (χ2n) is 6.51. The highest BCUT2D eigenvalue weighted by molar-refractivity contribution is 5.87. The Hall–Kier alpha value is -2.56. The predicted molar refractivity (Wildman–Crippen MR) is 90.2 cm³/mol. The molecule has 5 heteroatoms. The second kappa shape index (κ2) is 6.15. The number of carbonyl (C=O) groups excluding carboxylic acids is 2. The molecule has 0 bridgehead atoms. The number of carbonyl (C=O) groups is 2. The Morgan fingerprint density at radius 3 is 2.71 bits per heavy atom. The zero-order chi connectivity index (χ0) is 16.5. The summed E-state index contributed by atoms with van der Waals surface area (Å²) in [5, 5.41) is 2.81. The second-order valence-corrected chi connectivity index (χ2v) is 6.51. The maximum absolute atomic E-state index is 13.2. The molecule has 0 saturated carbocycles. The fourth-order valence-corrected chi connectivity index (χ4v) is 3.84. The van der Waals surface area contributed by atoms with E-state index in [0.717, 1.165) is 24.2 Å². The smallest absolute Gasteiger partial charge is 0.227 e. The average Bonchev–Trinajstić information content (AvgIpc) is 3.09. The minimum Gasteiger partial charge on any atom is -0.356 e. The zero-order valence-electron chi connectivity index (χ0n) is 13.5. The number of nitrogens with one attached hydrogen (secondary N) is 1. The van der Waals surface area contributed by atoms with E-state index in [0.29, 0.717) is 19.5 Å². The molecule has 0 radical (unpaired) electrons. The van der Waals surface area contributed by atoms with Crippen LogP contribution in [0.1, 0.15) is 30.1 Å². The predicted octanol–water partition coefficient (Wildman–Crippen LogP) is 1.95. The monoisotopic (exact) mass is 323 g/mol. The summed E-state index contributed by atoms with van der Waals surface area (Å²) in [6, 6.07) is 14.2. The molecule has 1 fully saturated rings. The van der Waals surface area contributed by atoms with Crippen LogP contribution in [0.4, 0.5) is 0 Å².